The van der Waals surface area contributed by atoms with E-state index in [4.69, 9.17) is 24.4 Å². The minimum absolute atomic E-state index is 0.00486. The Balaban J connectivity index is 0.000000630. The molecular weight excluding hydrogens is 1300 g/mol. The van der Waals surface area contributed by atoms with Crippen LogP contribution in [0.3, 0.4) is 0 Å². The summed E-state index contributed by atoms with van der Waals surface area (Å²) in [5, 5.41) is 0. The maximum absolute atomic E-state index is 12.8. The molecule has 4 aromatic heterocycles. The van der Waals surface area contributed by atoms with Crippen molar-refractivity contribution in [3.8, 4) is 11.8 Å². The van der Waals surface area contributed by atoms with E-state index in [2.05, 4.69) is 341 Å². The molecule has 0 spiro atoms. The Kier molecular flexibility index (Phi) is 34.9. The molecule has 7 nitrogen and oxygen atoms in total. The van der Waals surface area contributed by atoms with Gasteiger partial charge in [0.2, 0.25) is 11.8 Å². The lowest BCUT2D eigenvalue weighted by molar-refractivity contribution is -0.137. The van der Waals surface area contributed by atoms with E-state index in [1.54, 1.807) is 0 Å². The summed E-state index contributed by atoms with van der Waals surface area (Å²) in [4.78, 5) is 23.6. The molecule has 105 heavy (non-hydrogen) atoms. The van der Waals surface area contributed by atoms with Gasteiger partial charge in [0.1, 0.15) is 5.82 Å². The van der Waals surface area contributed by atoms with Gasteiger partial charge in [0, 0.05) is 67.4 Å². The molecule has 2 aromatic carbocycles. The molecule has 0 bridgehead atoms. The fourth-order valence-corrected chi connectivity index (χ4v) is 9.74. The summed E-state index contributed by atoms with van der Waals surface area (Å²) in [7, 11) is 0. The highest BCUT2D eigenvalue weighted by Gasteiger charge is 2.33. The zero-order valence-electron chi connectivity index (χ0n) is 75.6. The van der Waals surface area contributed by atoms with Crippen molar-refractivity contribution in [2.75, 3.05) is 13.2 Å². The molecule has 0 fully saturated rings. The lowest BCUT2D eigenvalue weighted by Crippen LogP contribution is -2.22. The van der Waals surface area contributed by atoms with E-state index in [9.17, 15) is 13.2 Å². The van der Waals surface area contributed by atoms with Crippen LogP contribution in [0.25, 0.3) is 0 Å². The SMILES string of the molecule is CC(C)COc1cc(C(C)C)cc(C(C)(C)C)n1.CC(C)c1cc(C(C)(C)C)cc(C(C)(C)C)c1.CC(C)c1cc(C(C)(C)C)cc(C(F)(F)F)c1.CC(C)c1cc(C(C)(C)C)nc(C(C)(C)C)c1.CC(C)c1cc(C(C)(C)C)nc(C(C)(C)C)n1.CC(C)c1cc(OCC(C)(C)C)nc(C(C)(C)C)c1. The molecule has 0 aliphatic heterocycles. The van der Waals surface area contributed by atoms with Crippen molar-refractivity contribution >= 4 is 0 Å². The summed E-state index contributed by atoms with van der Waals surface area (Å²) in [6.07, 6.45) is -4.27. The standard InChI is InChI=1S/C17H29NO.C17H28.C16H27NO.C16H27N.C15H26N2.C14H19F3/c1-12(2)13-9-14(17(6,7)8)18-15(10-13)19-11-16(3,4)5;1-12(2)13-9-14(16(3,4)5)11-15(10-13)17(6,7)8;1-11(2)10-18-15-9-13(12(3)4)8-14(17-15)16(5,6)7;1-11(2)12-9-13(15(3,4)5)17-14(10-12)16(6,7)8;1-10(2)11-9-12(14(3,4)5)17-13(16-11)15(6,7)8;1-9(2)10-6-11(13(3,4)5)8-12(7-10)14(15,16)17/h9-10,12H,11H2,1-8H3;9-12H,1-8H3;8-9,11-12H,10H2,1-7H3;9-11H,1-8H3;9-10H,1-8H3;6-9H,1-5H3. The van der Waals surface area contributed by atoms with Crippen molar-refractivity contribution in [3.63, 3.8) is 0 Å². The summed E-state index contributed by atoms with van der Waals surface area (Å²) in [5.41, 5.74) is 16.9. The second kappa shape index (κ2) is 37.7. The number of hydrogen-bond donors (Lipinski definition) is 0. The van der Waals surface area contributed by atoms with Gasteiger partial charge in [-0.3, -0.25) is 4.98 Å². The molecule has 4 heterocycles. The summed E-state index contributed by atoms with van der Waals surface area (Å²) in [6.45, 7) is 97.3. The molecule has 0 N–H and O–H groups in total. The molecule has 0 radical (unpaired) electrons. The lowest BCUT2D eigenvalue weighted by atomic mass is 9.78. The Hall–Kier alpha value is -5.64. The van der Waals surface area contributed by atoms with E-state index in [-0.39, 0.29) is 60.1 Å². The van der Waals surface area contributed by atoms with Crippen LogP contribution in [0.2, 0.25) is 0 Å². The van der Waals surface area contributed by atoms with Gasteiger partial charge >= 0.3 is 6.18 Å². The minimum Gasteiger partial charge on any atom is -0.477 e. The molecule has 594 valence electrons. The van der Waals surface area contributed by atoms with Crippen molar-refractivity contribution in [2.24, 2.45) is 11.3 Å². The monoisotopic (exact) mass is 1460 g/mol. The maximum Gasteiger partial charge on any atom is 0.416 e. The van der Waals surface area contributed by atoms with Crippen molar-refractivity contribution in [1.29, 1.82) is 0 Å². The van der Waals surface area contributed by atoms with E-state index in [1.807, 2.05) is 40.7 Å². The van der Waals surface area contributed by atoms with Crippen LogP contribution in [0.15, 0.2) is 78.9 Å². The van der Waals surface area contributed by atoms with E-state index in [0.29, 0.717) is 42.1 Å². The van der Waals surface area contributed by atoms with Crippen molar-refractivity contribution in [3.05, 3.63) is 169 Å². The van der Waals surface area contributed by atoms with Gasteiger partial charge < -0.3 is 9.47 Å². The first-order chi connectivity index (χ1) is 46.7. The average molecular weight is 1460 g/mol. The lowest BCUT2D eigenvalue weighted by Gasteiger charge is -2.27. The zero-order valence-corrected chi connectivity index (χ0v) is 75.6. The van der Waals surface area contributed by atoms with Crippen molar-refractivity contribution < 1.29 is 22.6 Å². The fraction of sp³-hybridized carbons (Fsp3) is 0.674. The molecule has 0 unspecified atom stereocenters. The molecule has 0 amide bonds. The third-order valence-electron chi connectivity index (χ3n) is 17.7. The van der Waals surface area contributed by atoms with Gasteiger partial charge in [-0.05, 0) is 150 Å². The fourth-order valence-electron chi connectivity index (χ4n) is 9.74. The second-order valence-electron chi connectivity index (χ2n) is 42.3. The summed E-state index contributed by atoms with van der Waals surface area (Å²) in [6, 6.07) is 26.7. The van der Waals surface area contributed by atoms with Crippen LogP contribution in [0.1, 0.15) is 430 Å². The molecule has 0 aliphatic carbocycles. The number of halogens is 3. The Morgan fingerprint density at radius 3 is 0.790 bits per heavy atom. The van der Waals surface area contributed by atoms with E-state index >= 15 is 0 Å². The average Bonchev–Trinajstić information content (AvgIpc) is 0.571. The van der Waals surface area contributed by atoms with Gasteiger partial charge in [-0.1, -0.05) is 329 Å². The topological polar surface area (TPSA) is 82.9 Å². The molecule has 0 atom stereocenters. The largest absolute Gasteiger partial charge is 0.477 e. The first kappa shape index (κ1) is 97.4. The number of alkyl halides is 3. The van der Waals surface area contributed by atoms with E-state index in [0.717, 1.165) is 58.1 Å². The molecule has 0 saturated carbocycles. The molecule has 10 heteroatoms. The Labute approximate surface area is 644 Å². The van der Waals surface area contributed by atoms with Crippen LogP contribution < -0.4 is 9.47 Å². The van der Waals surface area contributed by atoms with Crippen LogP contribution in [-0.2, 0) is 54.9 Å². The van der Waals surface area contributed by atoms with E-state index in [1.165, 1.54) is 56.9 Å². The number of rotatable bonds is 11. The first-order valence-corrected chi connectivity index (χ1v) is 39.4. The quantitative estimate of drug-likeness (QED) is 0.128. The molecule has 0 aliphatic rings. The molecule has 0 saturated heterocycles. The van der Waals surface area contributed by atoms with Crippen molar-refractivity contribution in [2.45, 2.75) is 395 Å². The summed E-state index contributed by atoms with van der Waals surface area (Å²) in [5.74, 6) is 5.67. The smallest absolute Gasteiger partial charge is 0.416 e. The van der Waals surface area contributed by atoms with Crippen LogP contribution in [0.4, 0.5) is 13.2 Å². The Bertz CT molecular complexity index is 3180. The highest BCUT2D eigenvalue weighted by Crippen LogP contribution is 2.38. The normalized spacial score (nSPS) is 13.0. The van der Waals surface area contributed by atoms with E-state index < -0.39 is 11.7 Å². The maximum atomic E-state index is 12.8. The van der Waals surface area contributed by atoms with Crippen molar-refractivity contribution in [1.82, 2.24) is 24.9 Å². The van der Waals surface area contributed by atoms with Gasteiger partial charge in [0.15, 0.2) is 0 Å². The van der Waals surface area contributed by atoms with Crippen LogP contribution in [-0.4, -0.2) is 38.1 Å². The summed E-state index contributed by atoms with van der Waals surface area (Å²) >= 11 is 0. The van der Waals surface area contributed by atoms with Crippen LogP contribution in [0, 0.1) is 11.3 Å². The van der Waals surface area contributed by atoms with Crippen LogP contribution >= 0.6 is 0 Å². The highest BCUT2D eigenvalue weighted by atomic mass is 19.4. The Morgan fingerprint density at radius 1 is 0.267 bits per heavy atom. The number of benzene rings is 2. The number of ether oxygens (including phenoxy) is 2. The highest BCUT2D eigenvalue weighted by molar-refractivity contribution is 5.40. The number of nitrogens with zero attached hydrogens (tertiary/aromatic N) is 5. The number of aromatic nitrogens is 5. The zero-order chi connectivity index (χ0) is 82.5. The number of hydrogen-bond acceptors (Lipinski definition) is 7. The third kappa shape index (κ3) is 35.1. The molecule has 6 rings (SSSR count). The van der Waals surface area contributed by atoms with Gasteiger partial charge in [0.05, 0.1) is 30.2 Å². The predicted molar refractivity (Wildman–Crippen MR) is 451 cm³/mol. The summed E-state index contributed by atoms with van der Waals surface area (Å²) < 4.78 is 50.1. The number of pyridine rings is 3. The van der Waals surface area contributed by atoms with Gasteiger partial charge in [-0.25, -0.2) is 19.9 Å². The van der Waals surface area contributed by atoms with Gasteiger partial charge in [-0.15, -0.1) is 0 Å². The Morgan fingerprint density at radius 2 is 0.533 bits per heavy atom. The van der Waals surface area contributed by atoms with Crippen LogP contribution in [0.5, 0.6) is 11.8 Å². The second-order valence-corrected chi connectivity index (χ2v) is 42.3. The van der Waals surface area contributed by atoms with Gasteiger partial charge in [-0.2, -0.15) is 13.2 Å². The minimum atomic E-state index is -4.27. The van der Waals surface area contributed by atoms with Gasteiger partial charge in [0.25, 0.3) is 0 Å². The predicted octanol–water partition coefficient (Wildman–Crippen LogP) is 29.0. The third-order valence-corrected chi connectivity index (χ3v) is 17.7. The molecular formula is C95H156F3N5O2. The molecule has 6 aromatic rings. The first-order valence-electron chi connectivity index (χ1n) is 39.4.